The Morgan fingerprint density at radius 2 is 1.79 bits per heavy atom. The lowest BCUT2D eigenvalue weighted by Gasteiger charge is -2.33. The average molecular weight is 528 g/mol. The number of nitrogens with zero attached hydrogens (tertiary/aromatic N) is 4. The topological polar surface area (TPSA) is 98.6 Å². The molecule has 1 saturated carbocycles. The molecule has 1 atom stereocenters. The first kappa shape index (κ1) is 26.2. The van der Waals surface area contributed by atoms with Crippen molar-refractivity contribution >= 4 is 28.5 Å². The van der Waals surface area contributed by atoms with Gasteiger partial charge in [0.1, 0.15) is 18.1 Å². The molecule has 3 aromatic carbocycles. The number of hydrogen-bond donors (Lipinski definition) is 1. The first-order valence-corrected chi connectivity index (χ1v) is 13.2. The van der Waals surface area contributed by atoms with Crippen molar-refractivity contribution in [3.05, 3.63) is 77.9 Å². The number of para-hydroxylation sites is 2. The number of hydrogen-bond acceptors (Lipinski definition) is 6. The number of carbonyl (C=O) groups is 2. The third-order valence-corrected chi connectivity index (χ3v) is 7.19. The molecule has 0 saturated heterocycles. The molecule has 1 aliphatic rings. The van der Waals surface area contributed by atoms with Gasteiger partial charge in [-0.15, -0.1) is 5.10 Å². The largest absolute Gasteiger partial charge is 0.493 e. The molecule has 0 spiro atoms. The quantitative estimate of drug-likeness (QED) is 0.342. The summed E-state index contributed by atoms with van der Waals surface area (Å²) in [6, 6.07) is 19.5. The van der Waals surface area contributed by atoms with Crippen molar-refractivity contribution in [1.82, 2.24) is 20.3 Å². The fraction of sp³-hybridized carbons (Fsp3) is 0.333. The summed E-state index contributed by atoms with van der Waals surface area (Å²) in [6.45, 7) is 1.85. The minimum absolute atomic E-state index is 0.0605. The first-order chi connectivity index (χ1) is 19.0. The Hall–Kier alpha value is -4.40. The van der Waals surface area contributed by atoms with Crippen molar-refractivity contribution in [3.8, 4) is 11.5 Å². The van der Waals surface area contributed by atoms with E-state index in [1.165, 1.54) is 7.11 Å². The van der Waals surface area contributed by atoms with Gasteiger partial charge in [-0.1, -0.05) is 54.5 Å². The third-order valence-electron chi connectivity index (χ3n) is 7.19. The fourth-order valence-corrected chi connectivity index (χ4v) is 5.33. The number of anilines is 1. The number of aromatic nitrogens is 3. The summed E-state index contributed by atoms with van der Waals surface area (Å²) in [7, 11) is 3.09. The zero-order chi connectivity index (χ0) is 27.4. The van der Waals surface area contributed by atoms with E-state index in [4.69, 9.17) is 9.47 Å². The number of benzene rings is 3. The van der Waals surface area contributed by atoms with Crippen molar-refractivity contribution in [3.63, 3.8) is 0 Å². The van der Waals surface area contributed by atoms with Crippen LogP contribution in [0.1, 0.15) is 42.9 Å². The zero-order valence-electron chi connectivity index (χ0n) is 22.5. The molecule has 0 aliphatic heterocycles. The molecule has 1 fully saturated rings. The number of amides is 2. The number of rotatable bonds is 9. The van der Waals surface area contributed by atoms with E-state index in [1.807, 2.05) is 55.5 Å². The Bertz CT molecular complexity index is 1480. The number of fused-ring (bicyclic) bond motifs is 1. The van der Waals surface area contributed by atoms with Crippen LogP contribution in [0.2, 0.25) is 0 Å². The molecule has 1 N–H and O–H groups in total. The molecule has 2 amide bonds. The lowest BCUT2D eigenvalue weighted by Crippen LogP contribution is -2.47. The van der Waals surface area contributed by atoms with Crippen LogP contribution >= 0.6 is 0 Å². The van der Waals surface area contributed by atoms with E-state index < -0.39 is 6.04 Å². The van der Waals surface area contributed by atoms with Gasteiger partial charge in [0, 0.05) is 17.3 Å². The second-order valence-corrected chi connectivity index (χ2v) is 9.81. The Morgan fingerprint density at radius 1 is 1.03 bits per heavy atom. The molecule has 0 unspecified atom stereocenters. The minimum atomic E-state index is -1.01. The molecular formula is C30H33N5O4. The van der Waals surface area contributed by atoms with Crippen LogP contribution in [0.4, 0.5) is 5.69 Å². The van der Waals surface area contributed by atoms with Gasteiger partial charge in [0.2, 0.25) is 11.8 Å². The van der Waals surface area contributed by atoms with E-state index in [1.54, 1.807) is 34.9 Å². The summed E-state index contributed by atoms with van der Waals surface area (Å²) >= 11 is 0. The molecule has 9 nitrogen and oxygen atoms in total. The van der Waals surface area contributed by atoms with Crippen LogP contribution in [0.3, 0.4) is 0 Å². The van der Waals surface area contributed by atoms with E-state index in [0.717, 1.165) is 36.8 Å². The van der Waals surface area contributed by atoms with E-state index in [0.29, 0.717) is 28.3 Å². The molecule has 4 aromatic rings. The van der Waals surface area contributed by atoms with Gasteiger partial charge in [-0.3, -0.25) is 14.5 Å². The molecule has 0 radical (unpaired) electrons. The molecule has 1 aromatic heterocycles. The molecule has 0 bridgehead atoms. The molecule has 1 heterocycles. The van der Waals surface area contributed by atoms with Crippen LogP contribution in [-0.2, 0) is 16.1 Å². The second-order valence-electron chi connectivity index (χ2n) is 9.81. The minimum Gasteiger partial charge on any atom is -0.493 e. The Kier molecular flexibility index (Phi) is 7.76. The van der Waals surface area contributed by atoms with Gasteiger partial charge in [0.05, 0.1) is 19.7 Å². The van der Waals surface area contributed by atoms with Crippen LogP contribution < -0.4 is 19.7 Å². The van der Waals surface area contributed by atoms with Crippen LogP contribution in [0, 0.1) is 6.92 Å². The SMILES string of the molecule is COc1cccc([C@@H](C(=O)NC2CCCC2)N(C(=O)Cn2nnc3ccccc32)c2cccc(C)c2)c1OC. The maximum Gasteiger partial charge on any atom is 0.249 e. The summed E-state index contributed by atoms with van der Waals surface area (Å²) in [4.78, 5) is 30.0. The van der Waals surface area contributed by atoms with E-state index >= 15 is 0 Å². The number of methoxy groups -OCH3 is 2. The van der Waals surface area contributed by atoms with Gasteiger partial charge in [0.25, 0.3) is 0 Å². The smallest absolute Gasteiger partial charge is 0.249 e. The Balaban J connectivity index is 1.64. The van der Waals surface area contributed by atoms with Gasteiger partial charge in [-0.25, -0.2) is 4.68 Å². The molecular weight excluding hydrogens is 494 g/mol. The fourth-order valence-electron chi connectivity index (χ4n) is 5.33. The lowest BCUT2D eigenvalue weighted by atomic mass is 10.00. The normalized spacial score (nSPS) is 14.2. The second kappa shape index (κ2) is 11.6. The highest BCUT2D eigenvalue weighted by atomic mass is 16.5. The maximum absolute atomic E-state index is 14.3. The van der Waals surface area contributed by atoms with Crippen molar-refractivity contribution in [2.75, 3.05) is 19.1 Å². The number of nitrogens with one attached hydrogen (secondary N) is 1. The maximum atomic E-state index is 14.3. The average Bonchev–Trinajstić information content (AvgIpc) is 3.61. The number of ether oxygens (including phenoxy) is 2. The number of carbonyl (C=O) groups excluding carboxylic acids is 2. The van der Waals surface area contributed by atoms with E-state index in [2.05, 4.69) is 15.6 Å². The summed E-state index contributed by atoms with van der Waals surface area (Å²) < 4.78 is 12.9. The molecule has 9 heteroatoms. The summed E-state index contributed by atoms with van der Waals surface area (Å²) in [6.07, 6.45) is 3.96. The van der Waals surface area contributed by atoms with Gasteiger partial charge in [-0.05, 0) is 55.7 Å². The Morgan fingerprint density at radius 3 is 2.54 bits per heavy atom. The third kappa shape index (κ3) is 5.43. The summed E-state index contributed by atoms with van der Waals surface area (Å²) in [5.41, 5.74) is 3.52. The van der Waals surface area contributed by atoms with Crippen LogP contribution in [0.15, 0.2) is 66.7 Å². The van der Waals surface area contributed by atoms with Crippen molar-refractivity contribution in [2.24, 2.45) is 0 Å². The molecule has 1 aliphatic carbocycles. The number of aryl methyl sites for hydroxylation is 1. The van der Waals surface area contributed by atoms with Gasteiger partial charge in [0.15, 0.2) is 11.5 Å². The van der Waals surface area contributed by atoms with Crippen LogP contribution in [0.25, 0.3) is 11.0 Å². The van der Waals surface area contributed by atoms with E-state index in [-0.39, 0.29) is 24.4 Å². The highest BCUT2D eigenvalue weighted by Crippen LogP contribution is 2.39. The molecule has 202 valence electrons. The van der Waals surface area contributed by atoms with Crippen molar-refractivity contribution in [1.29, 1.82) is 0 Å². The monoisotopic (exact) mass is 527 g/mol. The van der Waals surface area contributed by atoms with Gasteiger partial charge >= 0.3 is 0 Å². The van der Waals surface area contributed by atoms with Crippen LogP contribution in [-0.4, -0.2) is 47.1 Å². The van der Waals surface area contributed by atoms with Gasteiger partial charge in [-0.2, -0.15) is 0 Å². The van der Waals surface area contributed by atoms with Crippen molar-refractivity contribution < 1.29 is 19.1 Å². The highest BCUT2D eigenvalue weighted by molar-refractivity contribution is 6.02. The highest BCUT2D eigenvalue weighted by Gasteiger charge is 2.37. The zero-order valence-corrected chi connectivity index (χ0v) is 22.5. The predicted molar refractivity (Wildman–Crippen MR) is 149 cm³/mol. The van der Waals surface area contributed by atoms with Crippen LogP contribution in [0.5, 0.6) is 11.5 Å². The van der Waals surface area contributed by atoms with E-state index in [9.17, 15) is 9.59 Å². The molecule has 5 rings (SSSR count). The lowest BCUT2D eigenvalue weighted by molar-refractivity contribution is -0.127. The first-order valence-electron chi connectivity index (χ1n) is 13.2. The molecule has 39 heavy (non-hydrogen) atoms. The predicted octanol–water partition coefficient (Wildman–Crippen LogP) is 4.59. The van der Waals surface area contributed by atoms with Crippen molar-refractivity contribution in [2.45, 2.75) is 51.2 Å². The summed E-state index contributed by atoms with van der Waals surface area (Å²) in [5.74, 6) is 0.301. The standard InChI is InChI=1S/C30H33N5O4/c1-20-10-8-13-22(18-20)35(27(36)19-34-25-16-7-6-15-24(25)32-33-34)28(30(37)31-21-11-4-5-12-21)23-14-9-17-26(38-2)29(23)39-3/h6-10,13-18,21,28H,4-5,11-12,19H2,1-3H3,(H,31,37)/t28-/m0/s1. The summed E-state index contributed by atoms with van der Waals surface area (Å²) in [5, 5.41) is 11.6. The Labute approximate surface area is 227 Å². The van der Waals surface area contributed by atoms with Gasteiger partial charge < -0.3 is 14.8 Å².